The molecule has 4 rings (SSSR count). The van der Waals surface area contributed by atoms with Gasteiger partial charge in [0.2, 0.25) is 0 Å². The number of benzene rings is 2. The topological polar surface area (TPSA) is 54.5 Å². The second-order valence-electron chi connectivity index (χ2n) is 7.42. The molecule has 0 radical (unpaired) electrons. The molecule has 2 aromatic carbocycles. The summed E-state index contributed by atoms with van der Waals surface area (Å²) in [5.74, 6) is -0.288. The zero-order valence-corrected chi connectivity index (χ0v) is 16.3. The second-order valence-corrected chi connectivity index (χ2v) is 7.42. The van der Waals surface area contributed by atoms with Crippen molar-refractivity contribution in [1.82, 2.24) is 9.88 Å². The molecule has 1 unspecified atom stereocenters. The maximum absolute atomic E-state index is 11.7. The first-order valence-corrected chi connectivity index (χ1v) is 9.63. The summed E-state index contributed by atoms with van der Waals surface area (Å²) in [7, 11) is 1.41. The molecule has 0 amide bonds. The maximum Gasteiger partial charge on any atom is 0.337 e. The van der Waals surface area contributed by atoms with E-state index in [0.717, 1.165) is 31.6 Å². The molecular formula is C23H25N3O2. The van der Waals surface area contributed by atoms with Crippen LogP contribution in [0.3, 0.4) is 0 Å². The van der Waals surface area contributed by atoms with Gasteiger partial charge in [-0.1, -0.05) is 24.3 Å². The SMILES string of the molecule is COC(=O)c1cccc(CN2CCC(Nc3cccc4cncc(C)c34)C2)c1. The number of methoxy groups -OCH3 is 1. The van der Waals surface area contributed by atoms with Crippen LogP contribution in [0.1, 0.15) is 27.9 Å². The predicted molar refractivity (Wildman–Crippen MR) is 112 cm³/mol. The molecule has 1 aromatic heterocycles. The fourth-order valence-corrected chi connectivity index (χ4v) is 4.02. The van der Waals surface area contributed by atoms with Gasteiger partial charge in [0.05, 0.1) is 12.7 Å². The number of hydrogen-bond donors (Lipinski definition) is 1. The van der Waals surface area contributed by atoms with Gasteiger partial charge < -0.3 is 10.1 Å². The fourth-order valence-electron chi connectivity index (χ4n) is 4.02. The number of ether oxygens (including phenoxy) is 1. The summed E-state index contributed by atoms with van der Waals surface area (Å²) in [5, 5.41) is 6.15. The van der Waals surface area contributed by atoms with Gasteiger partial charge in [0.1, 0.15) is 0 Å². The lowest BCUT2D eigenvalue weighted by Gasteiger charge is -2.19. The van der Waals surface area contributed by atoms with Crippen LogP contribution in [0.4, 0.5) is 5.69 Å². The third-order valence-electron chi connectivity index (χ3n) is 5.36. The molecule has 0 saturated carbocycles. The number of hydrogen-bond acceptors (Lipinski definition) is 5. The molecule has 3 aromatic rings. The van der Waals surface area contributed by atoms with E-state index in [1.165, 1.54) is 29.1 Å². The Labute approximate surface area is 165 Å². The van der Waals surface area contributed by atoms with Crippen molar-refractivity contribution < 1.29 is 9.53 Å². The van der Waals surface area contributed by atoms with Crippen LogP contribution in [0.25, 0.3) is 10.8 Å². The van der Waals surface area contributed by atoms with E-state index in [9.17, 15) is 4.79 Å². The zero-order valence-electron chi connectivity index (χ0n) is 16.3. The van der Waals surface area contributed by atoms with Crippen LogP contribution >= 0.6 is 0 Å². The molecule has 1 atom stereocenters. The smallest absolute Gasteiger partial charge is 0.337 e. The lowest BCUT2D eigenvalue weighted by atomic mass is 10.1. The number of fused-ring (bicyclic) bond motifs is 1. The van der Waals surface area contributed by atoms with Gasteiger partial charge in [-0.05, 0) is 42.7 Å². The third kappa shape index (κ3) is 3.85. The minimum absolute atomic E-state index is 0.288. The molecule has 1 aliphatic heterocycles. The molecule has 1 saturated heterocycles. The Bertz CT molecular complexity index is 997. The van der Waals surface area contributed by atoms with Crippen LogP contribution in [0.5, 0.6) is 0 Å². The first-order chi connectivity index (χ1) is 13.6. The number of nitrogens with zero attached hydrogens (tertiary/aromatic N) is 2. The highest BCUT2D eigenvalue weighted by Gasteiger charge is 2.23. The molecule has 28 heavy (non-hydrogen) atoms. The van der Waals surface area contributed by atoms with E-state index in [1.54, 1.807) is 6.07 Å². The van der Waals surface area contributed by atoms with Crippen molar-refractivity contribution in [2.45, 2.75) is 25.9 Å². The Hall–Kier alpha value is -2.92. The molecule has 0 bridgehead atoms. The largest absolute Gasteiger partial charge is 0.465 e. The Morgan fingerprint density at radius 3 is 2.96 bits per heavy atom. The summed E-state index contributed by atoms with van der Waals surface area (Å²) < 4.78 is 4.82. The van der Waals surface area contributed by atoms with E-state index in [0.29, 0.717) is 11.6 Å². The lowest BCUT2D eigenvalue weighted by molar-refractivity contribution is 0.0600. The molecule has 2 heterocycles. The number of likely N-dealkylation sites (tertiary alicyclic amines) is 1. The van der Waals surface area contributed by atoms with Gasteiger partial charge in [0.25, 0.3) is 0 Å². The Morgan fingerprint density at radius 2 is 2.11 bits per heavy atom. The highest BCUT2D eigenvalue weighted by molar-refractivity contribution is 5.95. The van der Waals surface area contributed by atoms with E-state index < -0.39 is 0 Å². The molecule has 1 fully saturated rings. The molecule has 144 valence electrons. The van der Waals surface area contributed by atoms with Crippen molar-refractivity contribution in [3.8, 4) is 0 Å². The van der Waals surface area contributed by atoms with Crippen molar-refractivity contribution in [2.24, 2.45) is 0 Å². The summed E-state index contributed by atoms with van der Waals surface area (Å²) in [6.45, 7) is 4.95. The standard InChI is InChI=1S/C23H25N3O2/c1-16-12-24-13-19-7-4-8-21(22(16)19)25-20-9-10-26(15-20)14-17-5-3-6-18(11-17)23(27)28-2/h3-8,11-13,20,25H,9-10,14-15H2,1-2H3. The quantitative estimate of drug-likeness (QED) is 0.683. The van der Waals surface area contributed by atoms with Gasteiger partial charge in [-0.3, -0.25) is 9.88 Å². The summed E-state index contributed by atoms with van der Waals surface area (Å²) in [6.07, 6.45) is 4.93. The Balaban J connectivity index is 1.44. The van der Waals surface area contributed by atoms with E-state index in [2.05, 4.69) is 46.4 Å². The average molecular weight is 375 g/mol. The molecular weight excluding hydrogens is 350 g/mol. The van der Waals surface area contributed by atoms with Gasteiger partial charge in [-0.2, -0.15) is 0 Å². The van der Waals surface area contributed by atoms with Crippen molar-refractivity contribution in [3.05, 3.63) is 71.5 Å². The zero-order chi connectivity index (χ0) is 19.5. The Morgan fingerprint density at radius 1 is 1.25 bits per heavy atom. The van der Waals surface area contributed by atoms with Crippen LogP contribution in [-0.2, 0) is 11.3 Å². The van der Waals surface area contributed by atoms with Gasteiger partial charge in [0, 0.05) is 54.5 Å². The van der Waals surface area contributed by atoms with Gasteiger partial charge in [0.15, 0.2) is 0 Å². The van der Waals surface area contributed by atoms with E-state index in [1.807, 2.05) is 24.5 Å². The molecule has 1 N–H and O–H groups in total. The van der Waals surface area contributed by atoms with E-state index in [4.69, 9.17) is 4.74 Å². The van der Waals surface area contributed by atoms with Crippen molar-refractivity contribution in [2.75, 3.05) is 25.5 Å². The summed E-state index contributed by atoms with van der Waals surface area (Å²) >= 11 is 0. The molecule has 0 spiro atoms. The minimum atomic E-state index is -0.288. The first-order valence-electron chi connectivity index (χ1n) is 9.63. The number of aryl methyl sites for hydroxylation is 1. The number of nitrogens with one attached hydrogen (secondary N) is 1. The molecule has 1 aliphatic rings. The van der Waals surface area contributed by atoms with Crippen LogP contribution in [0.15, 0.2) is 54.9 Å². The molecule has 5 heteroatoms. The average Bonchev–Trinajstić information content (AvgIpc) is 3.14. The number of anilines is 1. The number of carbonyl (C=O) groups is 1. The highest BCUT2D eigenvalue weighted by atomic mass is 16.5. The summed E-state index contributed by atoms with van der Waals surface area (Å²) in [6, 6.07) is 14.4. The first kappa shape index (κ1) is 18.4. The fraction of sp³-hybridized carbons (Fsp3) is 0.304. The number of pyridine rings is 1. The third-order valence-corrected chi connectivity index (χ3v) is 5.36. The normalized spacial score (nSPS) is 17.0. The number of esters is 1. The molecule has 0 aliphatic carbocycles. The minimum Gasteiger partial charge on any atom is -0.465 e. The van der Waals surface area contributed by atoms with Crippen LogP contribution in [-0.4, -0.2) is 42.1 Å². The second kappa shape index (κ2) is 7.98. The number of carbonyl (C=O) groups excluding carboxylic acids is 1. The summed E-state index contributed by atoms with van der Waals surface area (Å²) in [5.41, 5.74) is 4.11. The van der Waals surface area contributed by atoms with Crippen molar-refractivity contribution in [3.63, 3.8) is 0 Å². The number of aromatic nitrogens is 1. The van der Waals surface area contributed by atoms with Crippen LogP contribution in [0, 0.1) is 6.92 Å². The van der Waals surface area contributed by atoms with Crippen molar-refractivity contribution in [1.29, 1.82) is 0 Å². The Kier molecular flexibility index (Phi) is 5.26. The van der Waals surface area contributed by atoms with Crippen molar-refractivity contribution >= 4 is 22.4 Å². The van der Waals surface area contributed by atoms with Gasteiger partial charge in [-0.15, -0.1) is 0 Å². The molecule has 5 nitrogen and oxygen atoms in total. The maximum atomic E-state index is 11.7. The monoisotopic (exact) mass is 375 g/mol. The predicted octanol–water partition coefficient (Wildman–Crippen LogP) is 4.02. The van der Waals surface area contributed by atoms with Gasteiger partial charge in [-0.25, -0.2) is 4.79 Å². The van der Waals surface area contributed by atoms with E-state index in [-0.39, 0.29) is 5.97 Å². The summed E-state index contributed by atoms with van der Waals surface area (Å²) in [4.78, 5) is 18.5. The van der Waals surface area contributed by atoms with E-state index >= 15 is 0 Å². The van der Waals surface area contributed by atoms with Crippen LogP contribution < -0.4 is 5.32 Å². The lowest BCUT2D eigenvalue weighted by Crippen LogP contribution is -2.26. The number of rotatable bonds is 5. The van der Waals surface area contributed by atoms with Gasteiger partial charge >= 0.3 is 5.97 Å². The van der Waals surface area contributed by atoms with Crippen LogP contribution in [0.2, 0.25) is 0 Å². The highest BCUT2D eigenvalue weighted by Crippen LogP contribution is 2.28.